The first-order chi connectivity index (χ1) is 43.5. The van der Waals surface area contributed by atoms with Crippen molar-refractivity contribution in [3.05, 3.63) is 102 Å². The predicted octanol–water partition coefficient (Wildman–Crippen LogP) is 6.75. The van der Waals surface area contributed by atoms with Gasteiger partial charge in [-0.3, -0.25) is 27.8 Å². The maximum Gasteiger partial charge on any atom is 0.459 e. The second-order valence-corrected chi connectivity index (χ2v) is 26.1. The minimum atomic E-state index is -5.04. The van der Waals surface area contributed by atoms with E-state index in [1.807, 2.05) is 5.09 Å². The molecule has 0 spiro atoms. The van der Waals surface area contributed by atoms with Gasteiger partial charge < -0.3 is 64.6 Å². The van der Waals surface area contributed by atoms with E-state index < -0.39 is 147 Å². The second kappa shape index (κ2) is 29.2. The quantitative estimate of drug-likeness (QED) is 0.0129. The van der Waals surface area contributed by atoms with Crippen molar-refractivity contribution in [2.45, 2.75) is 128 Å². The number of fused-ring (bicyclic) bond motifs is 2. The summed E-state index contributed by atoms with van der Waals surface area (Å²) in [5.41, 5.74) is 8.40. The number of halogens is 7. The van der Waals surface area contributed by atoms with Crippen LogP contribution < -0.4 is 45.8 Å². The summed E-state index contributed by atoms with van der Waals surface area (Å²) in [5, 5.41) is 33.0. The van der Waals surface area contributed by atoms with E-state index in [9.17, 15) is 60.4 Å². The molecule has 93 heavy (non-hydrogen) atoms. The van der Waals surface area contributed by atoms with Gasteiger partial charge in [0.25, 0.3) is 0 Å². The highest BCUT2D eigenvalue weighted by Gasteiger charge is 2.57. The fourth-order valence-corrected chi connectivity index (χ4v) is 12.8. The maximum absolute atomic E-state index is 16.0. The number of aromatic nitrogens is 8. The number of hydrogen-bond acceptors (Lipinski definition) is 24. The van der Waals surface area contributed by atoms with Crippen LogP contribution in [-0.4, -0.2) is 168 Å². The SMILES string of the molecule is CC(C)OC(=O)[C@H](C)N[P@](=O)(OC[C@H]1O[C@@H](n2cnc3c(N(C)C)nc(N)nc32)[C@](C)(F)[C@@H]1O)Oc1ccccc1.CC(C)OC(=O)[C@H](C)N[P@](=O)(Oc1ccccc1)c1c(F)c(F)c(F)c(F)c1F.CN(C)c1nc(N)nc2c1ncn2[C@@H]1O[C@H](CO)[C@@H](O)[C@@]1(C)F.[HH].[HH]. The van der Waals surface area contributed by atoms with E-state index in [1.165, 1.54) is 73.7 Å². The number of nitrogen functional groups attached to an aromatic ring is 2. The highest BCUT2D eigenvalue weighted by molar-refractivity contribution is 7.65. The molecule has 0 amide bonds. The zero-order valence-corrected chi connectivity index (χ0v) is 53.9. The van der Waals surface area contributed by atoms with Crippen LogP contribution in [0.15, 0.2) is 73.3 Å². The molecule has 0 saturated carbocycles. The number of alkyl halides is 2. The number of nitrogens with zero attached hydrogens (tertiary/aromatic N) is 10. The van der Waals surface area contributed by atoms with Crippen molar-refractivity contribution < 1.29 is 100 Å². The van der Waals surface area contributed by atoms with Crippen molar-refractivity contribution in [1.82, 2.24) is 49.2 Å². The van der Waals surface area contributed by atoms with E-state index in [0.717, 1.165) is 13.8 Å². The van der Waals surface area contributed by atoms with E-state index in [-0.39, 0.29) is 31.9 Å². The van der Waals surface area contributed by atoms with Gasteiger partial charge in [-0.1, -0.05) is 36.4 Å². The van der Waals surface area contributed by atoms with Crippen molar-refractivity contribution >= 4 is 78.4 Å². The average Bonchev–Trinajstić information content (AvgIpc) is 1.74. The van der Waals surface area contributed by atoms with Gasteiger partial charge in [0.05, 0.1) is 38.1 Å². The molecule has 2 aliphatic heterocycles. The summed E-state index contributed by atoms with van der Waals surface area (Å²) in [7, 11) is -2.29. The Morgan fingerprint density at radius 2 is 1.03 bits per heavy atom. The fourth-order valence-electron chi connectivity index (χ4n) is 9.28. The number of benzene rings is 3. The lowest BCUT2D eigenvalue weighted by Crippen LogP contribution is -2.41. The maximum atomic E-state index is 16.0. The van der Waals surface area contributed by atoms with Gasteiger partial charge >= 0.3 is 27.2 Å². The molecule has 3 aromatic carbocycles. The third kappa shape index (κ3) is 16.0. The molecule has 2 fully saturated rings. The molecule has 12 atom stereocenters. The molecule has 0 radical (unpaired) electrons. The Labute approximate surface area is 530 Å². The standard InChI is InChI=1S/C25H35FN7O7P.C18H17F5NO4P.C13H19FN6O3.2H2/c1-14(2)38-22(35)15(3)31-41(36,40-16-10-8-7-9-11-16)37-12-17-19(34)25(4,26)23(39-17)33-13-28-18-20(32(5)6)29-24(27)30-21(18)33;1-9(2)27-18(25)10(3)24-29(26,28-11-7-5-4-6-8-11)17-15(22)13(20)12(19)14(21)16(17)23;1-13(14)8(22)6(4-21)23-11(13)20-5-16-7-9(19(2)3)17-12(15)18-10(7)20;;/h7-11,13-15,17,19,23,34H,12H2,1-6H3,(H,31,36)(H2,27,29,30);4-10H,1-3H3,(H,24,26);5-6,8,11,21-22H,4H2,1-3H3,(H2,15,17,18);2*1H/t15-,17+,19+,23+,25+,41-;10-,29+;6-,8-,11-,13-;;/m001../s1. The molecular formula is C56H75F7N14O14P2. The van der Waals surface area contributed by atoms with Gasteiger partial charge in [-0.15, -0.1) is 0 Å². The smallest absolute Gasteiger partial charge is 0.459 e. The third-order valence-electron chi connectivity index (χ3n) is 13.8. The zero-order chi connectivity index (χ0) is 69.0. The number of nitrogens with two attached hydrogens (primary N) is 2. The number of anilines is 4. The van der Waals surface area contributed by atoms with Gasteiger partial charge in [0.1, 0.15) is 53.3 Å². The number of carbonyl (C=O) groups excluding carboxylic acids is 2. The number of nitrogens with one attached hydrogen (secondary N) is 2. The molecule has 0 unspecified atom stereocenters. The van der Waals surface area contributed by atoms with Crippen LogP contribution in [0.2, 0.25) is 0 Å². The Kier molecular flexibility index (Phi) is 22.8. The predicted molar refractivity (Wildman–Crippen MR) is 327 cm³/mol. The van der Waals surface area contributed by atoms with Crippen molar-refractivity contribution in [3.8, 4) is 11.5 Å². The number of carbonyl (C=O) groups is 2. The molecule has 2 aliphatic rings. The summed E-state index contributed by atoms with van der Waals surface area (Å²) in [4.78, 5) is 52.9. The molecule has 2 saturated heterocycles. The van der Waals surface area contributed by atoms with Crippen LogP contribution in [0.3, 0.4) is 0 Å². The first-order valence-corrected chi connectivity index (χ1v) is 31.5. The number of rotatable bonds is 21. The van der Waals surface area contributed by atoms with Crippen LogP contribution in [0, 0.1) is 29.1 Å². The van der Waals surface area contributed by atoms with Gasteiger partial charge in [0, 0.05) is 31.0 Å². The van der Waals surface area contributed by atoms with Crippen molar-refractivity contribution in [1.29, 1.82) is 0 Å². The van der Waals surface area contributed by atoms with Crippen molar-refractivity contribution in [3.63, 3.8) is 0 Å². The minimum Gasteiger partial charge on any atom is -0.462 e. The van der Waals surface area contributed by atoms with Crippen LogP contribution >= 0.6 is 15.3 Å². The van der Waals surface area contributed by atoms with E-state index in [1.54, 1.807) is 88.2 Å². The lowest BCUT2D eigenvalue weighted by molar-refractivity contribution is -0.149. The number of aliphatic hydroxyl groups excluding tert-OH is 3. The van der Waals surface area contributed by atoms with Crippen LogP contribution in [0.5, 0.6) is 11.5 Å². The topological polar surface area (TPSA) is 363 Å². The molecule has 0 bridgehead atoms. The van der Waals surface area contributed by atoms with Gasteiger partial charge in [-0.25, -0.2) is 50.4 Å². The molecule has 6 heterocycles. The molecular weight excluding hydrogens is 1290 g/mol. The second-order valence-electron chi connectivity index (χ2n) is 22.4. The average molecular weight is 1360 g/mol. The van der Waals surface area contributed by atoms with E-state index in [0.29, 0.717) is 28.3 Å². The minimum absolute atomic E-state index is 0. The van der Waals surface area contributed by atoms with Crippen LogP contribution in [-0.2, 0) is 42.2 Å². The number of imidazole rings is 2. The van der Waals surface area contributed by atoms with E-state index in [2.05, 4.69) is 35.0 Å². The number of ether oxygens (including phenoxy) is 4. The first-order valence-electron chi connectivity index (χ1n) is 28.3. The highest BCUT2D eigenvalue weighted by Crippen LogP contribution is 2.50. The number of hydrogen-bond donors (Lipinski definition) is 7. The van der Waals surface area contributed by atoms with E-state index in [4.69, 9.17) is 44.0 Å². The van der Waals surface area contributed by atoms with Gasteiger partial charge in [0.15, 0.2) is 81.0 Å². The normalized spacial score (nSPS) is 23.1. The van der Waals surface area contributed by atoms with Gasteiger partial charge in [0.2, 0.25) is 17.7 Å². The monoisotopic (exact) mass is 1360 g/mol. The molecule has 0 aliphatic carbocycles. The zero-order valence-electron chi connectivity index (χ0n) is 52.1. The summed E-state index contributed by atoms with van der Waals surface area (Å²) >= 11 is 0. The van der Waals surface area contributed by atoms with Gasteiger partial charge in [-0.05, 0) is 79.7 Å². The molecule has 7 aromatic rings. The molecule has 9 rings (SSSR count). The van der Waals surface area contributed by atoms with Gasteiger partial charge in [-0.2, -0.15) is 25.0 Å². The largest absolute Gasteiger partial charge is 0.462 e. The number of esters is 2. The highest BCUT2D eigenvalue weighted by atomic mass is 31.2. The third-order valence-corrected chi connectivity index (χ3v) is 17.6. The Bertz CT molecular complexity index is 3870. The van der Waals surface area contributed by atoms with Crippen molar-refractivity contribution in [2.24, 2.45) is 0 Å². The Morgan fingerprint density at radius 1 is 0.645 bits per heavy atom. The number of aliphatic hydroxyl groups is 3. The Morgan fingerprint density at radius 3 is 1.43 bits per heavy atom. The fraction of sp³-hybridized carbons (Fsp3) is 0.464. The summed E-state index contributed by atoms with van der Waals surface area (Å²) in [5.74, 6) is -12.5. The Balaban J connectivity index is 0.000000267. The molecule has 9 N–H and O–H groups in total. The van der Waals surface area contributed by atoms with Crippen LogP contribution in [0.4, 0.5) is 54.3 Å². The molecule has 28 nitrogen and oxygen atoms in total. The summed E-state index contributed by atoms with van der Waals surface area (Å²) < 4.78 is 168. The molecule has 4 aromatic heterocycles. The lowest BCUT2D eigenvalue weighted by Gasteiger charge is -2.25. The first kappa shape index (κ1) is 72.6. The van der Waals surface area contributed by atoms with Crippen LogP contribution in [0.25, 0.3) is 22.3 Å². The van der Waals surface area contributed by atoms with E-state index >= 15 is 4.39 Å². The summed E-state index contributed by atoms with van der Waals surface area (Å²) in [6.07, 6.45) is -6.40. The molecule has 512 valence electrons. The number of para-hydroxylation sites is 2. The summed E-state index contributed by atoms with van der Waals surface area (Å²) in [6, 6.07) is 12.5. The van der Waals surface area contributed by atoms with Crippen LogP contribution in [0.1, 0.15) is 70.7 Å². The summed E-state index contributed by atoms with van der Waals surface area (Å²) in [6.45, 7) is 10.3. The van der Waals surface area contributed by atoms with Crippen molar-refractivity contribution in [2.75, 3.05) is 62.7 Å². The molecule has 37 heteroatoms. The Hall–Kier alpha value is -7.85. The lowest BCUT2D eigenvalue weighted by atomic mass is 9.98.